The quantitative estimate of drug-likeness (QED) is 0.869. The molecule has 0 aliphatic heterocycles. The van der Waals surface area contributed by atoms with Crippen molar-refractivity contribution in [2.75, 3.05) is 25.1 Å². The van der Waals surface area contributed by atoms with Gasteiger partial charge in [-0.3, -0.25) is 4.90 Å². The third-order valence-electron chi connectivity index (χ3n) is 2.69. The van der Waals surface area contributed by atoms with Gasteiger partial charge in [0.1, 0.15) is 5.75 Å². The molecule has 5 heteroatoms. The molecule has 2 amide bonds. The number of hydrogen-bond acceptors (Lipinski definition) is 3. The summed E-state index contributed by atoms with van der Waals surface area (Å²) >= 11 is 0. The van der Waals surface area contributed by atoms with Crippen molar-refractivity contribution in [2.45, 2.75) is 32.7 Å². The number of benzene rings is 1. The van der Waals surface area contributed by atoms with Gasteiger partial charge in [0.05, 0.1) is 12.8 Å². The van der Waals surface area contributed by atoms with E-state index in [0.717, 1.165) is 12.1 Å². The molecule has 0 radical (unpaired) electrons. The van der Waals surface area contributed by atoms with E-state index in [0.29, 0.717) is 18.8 Å². The summed E-state index contributed by atoms with van der Waals surface area (Å²) in [6.45, 7) is 6.95. The number of rotatable bonds is 5. The minimum atomic E-state index is -0.292. The molecular weight excluding hydrogens is 254 g/mol. The molecule has 0 saturated heterocycles. The molecule has 0 bridgehead atoms. The van der Waals surface area contributed by atoms with Crippen LogP contribution in [0.25, 0.3) is 0 Å². The maximum absolute atomic E-state index is 12.5. The van der Waals surface area contributed by atoms with E-state index in [1.807, 2.05) is 45.0 Å². The fourth-order valence-corrected chi connectivity index (χ4v) is 1.82. The van der Waals surface area contributed by atoms with Gasteiger partial charge in [0.15, 0.2) is 0 Å². The molecule has 0 aliphatic carbocycles. The summed E-state index contributed by atoms with van der Waals surface area (Å²) in [5, 5.41) is 2.97. The number of nitrogens with one attached hydrogen (secondary N) is 1. The zero-order chi connectivity index (χ0) is 15.2. The Balaban J connectivity index is 3.02. The second-order valence-corrected chi connectivity index (χ2v) is 5.65. The van der Waals surface area contributed by atoms with Gasteiger partial charge in [-0.05, 0) is 45.9 Å². The van der Waals surface area contributed by atoms with Crippen LogP contribution in [-0.2, 0) is 0 Å². The van der Waals surface area contributed by atoms with Crippen molar-refractivity contribution in [1.82, 2.24) is 5.32 Å². The molecule has 0 aromatic heterocycles. The smallest absolute Gasteiger partial charge is 0.322 e. The number of urea groups is 1. The van der Waals surface area contributed by atoms with Gasteiger partial charge < -0.3 is 15.8 Å². The van der Waals surface area contributed by atoms with Gasteiger partial charge in [0.2, 0.25) is 0 Å². The first-order chi connectivity index (χ1) is 9.39. The van der Waals surface area contributed by atoms with Gasteiger partial charge in [0.25, 0.3) is 0 Å². The molecular formula is C15H25N3O2. The number of para-hydroxylation sites is 2. The van der Waals surface area contributed by atoms with E-state index < -0.39 is 0 Å². The number of nitrogens with zero attached hydrogens (tertiary/aromatic N) is 1. The van der Waals surface area contributed by atoms with Crippen LogP contribution in [0.2, 0.25) is 0 Å². The molecule has 0 heterocycles. The van der Waals surface area contributed by atoms with Crippen molar-refractivity contribution >= 4 is 11.7 Å². The Morgan fingerprint density at radius 3 is 2.55 bits per heavy atom. The fourth-order valence-electron chi connectivity index (χ4n) is 1.82. The van der Waals surface area contributed by atoms with Crippen LogP contribution in [0.15, 0.2) is 24.3 Å². The number of hydrogen-bond donors (Lipinski definition) is 2. The summed E-state index contributed by atoms with van der Waals surface area (Å²) in [7, 11) is 1.60. The molecule has 0 atom stereocenters. The normalized spacial score (nSPS) is 11.1. The standard InChI is InChI=1S/C15H25N3O2/c1-15(2,3)17-14(19)18(11-7-10-16)12-8-5-6-9-13(12)20-4/h5-6,8-9H,7,10-11,16H2,1-4H3,(H,17,19). The minimum absolute atomic E-state index is 0.143. The van der Waals surface area contributed by atoms with E-state index in [-0.39, 0.29) is 11.6 Å². The van der Waals surface area contributed by atoms with E-state index in [1.165, 1.54) is 0 Å². The molecule has 0 aliphatic rings. The summed E-state index contributed by atoms with van der Waals surface area (Å²) in [6.07, 6.45) is 0.732. The number of nitrogens with two attached hydrogens (primary N) is 1. The summed E-state index contributed by atoms with van der Waals surface area (Å²) < 4.78 is 5.33. The van der Waals surface area contributed by atoms with E-state index in [4.69, 9.17) is 10.5 Å². The minimum Gasteiger partial charge on any atom is -0.495 e. The summed E-state index contributed by atoms with van der Waals surface area (Å²) in [5.74, 6) is 0.675. The van der Waals surface area contributed by atoms with Crippen molar-refractivity contribution in [3.8, 4) is 5.75 Å². The first-order valence-electron chi connectivity index (χ1n) is 6.82. The van der Waals surface area contributed by atoms with Gasteiger partial charge in [0, 0.05) is 12.1 Å². The van der Waals surface area contributed by atoms with Crippen LogP contribution in [0.4, 0.5) is 10.5 Å². The zero-order valence-corrected chi connectivity index (χ0v) is 12.8. The van der Waals surface area contributed by atoms with Gasteiger partial charge >= 0.3 is 6.03 Å². The highest BCUT2D eigenvalue weighted by Crippen LogP contribution is 2.28. The highest BCUT2D eigenvalue weighted by atomic mass is 16.5. The lowest BCUT2D eigenvalue weighted by atomic mass is 10.1. The second-order valence-electron chi connectivity index (χ2n) is 5.65. The van der Waals surface area contributed by atoms with Crippen LogP contribution in [0.1, 0.15) is 27.2 Å². The van der Waals surface area contributed by atoms with Gasteiger partial charge in [-0.15, -0.1) is 0 Å². The lowest BCUT2D eigenvalue weighted by Gasteiger charge is -2.29. The molecule has 0 unspecified atom stereocenters. The van der Waals surface area contributed by atoms with Crippen LogP contribution in [0.5, 0.6) is 5.75 Å². The summed E-state index contributed by atoms with van der Waals surface area (Å²) in [5.41, 5.74) is 6.03. The van der Waals surface area contributed by atoms with E-state index in [9.17, 15) is 4.79 Å². The van der Waals surface area contributed by atoms with Crippen molar-refractivity contribution in [3.05, 3.63) is 24.3 Å². The number of amides is 2. The maximum atomic E-state index is 12.5. The number of ether oxygens (including phenoxy) is 1. The predicted octanol–water partition coefficient (Wildman–Crippen LogP) is 2.36. The van der Waals surface area contributed by atoms with Crippen LogP contribution >= 0.6 is 0 Å². The Bertz CT molecular complexity index is 441. The predicted molar refractivity (Wildman–Crippen MR) is 82.3 cm³/mol. The number of anilines is 1. The topological polar surface area (TPSA) is 67.6 Å². The number of carbonyl (C=O) groups excluding carboxylic acids is 1. The zero-order valence-electron chi connectivity index (χ0n) is 12.8. The Labute approximate surface area is 121 Å². The van der Waals surface area contributed by atoms with E-state index in [1.54, 1.807) is 12.0 Å². The largest absolute Gasteiger partial charge is 0.495 e. The van der Waals surface area contributed by atoms with Crippen molar-refractivity contribution in [2.24, 2.45) is 5.73 Å². The SMILES string of the molecule is COc1ccccc1N(CCCN)C(=O)NC(C)(C)C. The van der Waals surface area contributed by atoms with Crippen molar-refractivity contribution < 1.29 is 9.53 Å². The summed E-state index contributed by atoms with van der Waals surface area (Å²) in [4.78, 5) is 14.1. The average Bonchev–Trinajstić information content (AvgIpc) is 2.37. The second kappa shape index (κ2) is 7.14. The molecule has 0 saturated carbocycles. The lowest BCUT2D eigenvalue weighted by molar-refractivity contribution is 0.237. The monoisotopic (exact) mass is 279 g/mol. The third-order valence-corrected chi connectivity index (χ3v) is 2.69. The van der Waals surface area contributed by atoms with Gasteiger partial charge in [-0.2, -0.15) is 0 Å². The average molecular weight is 279 g/mol. The van der Waals surface area contributed by atoms with Crippen molar-refractivity contribution in [1.29, 1.82) is 0 Å². The molecule has 1 rings (SSSR count). The molecule has 20 heavy (non-hydrogen) atoms. The third kappa shape index (κ3) is 4.74. The van der Waals surface area contributed by atoms with Crippen LogP contribution in [0.3, 0.4) is 0 Å². The lowest BCUT2D eigenvalue weighted by Crippen LogP contribution is -2.49. The highest BCUT2D eigenvalue weighted by molar-refractivity contribution is 5.94. The maximum Gasteiger partial charge on any atom is 0.322 e. The fraction of sp³-hybridized carbons (Fsp3) is 0.533. The van der Waals surface area contributed by atoms with Crippen LogP contribution in [0, 0.1) is 0 Å². The highest BCUT2D eigenvalue weighted by Gasteiger charge is 2.22. The molecule has 0 spiro atoms. The summed E-state index contributed by atoms with van der Waals surface area (Å²) in [6, 6.07) is 7.34. The van der Waals surface area contributed by atoms with E-state index >= 15 is 0 Å². The molecule has 1 aromatic rings. The molecule has 0 fully saturated rings. The Hall–Kier alpha value is -1.75. The van der Waals surface area contributed by atoms with Gasteiger partial charge in [-0.1, -0.05) is 12.1 Å². The molecule has 5 nitrogen and oxygen atoms in total. The molecule has 112 valence electrons. The van der Waals surface area contributed by atoms with Crippen LogP contribution < -0.4 is 20.7 Å². The Kier molecular flexibility index (Phi) is 5.82. The molecule has 1 aromatic carbocycles. The first-order valence-corrected chi connectivity index (χ1v) is 6.82. The number of carbonyl (C=O) groups is 1. The Morgan fingerprint density at radius 2 is 2.00 bits per heavy atom. The Morgan fingerprint density at radius 1 is 1.35 bits per heavy atom. The van der Waals surface area contributed by atoms with Gasteiger partial charge in [-0.25, -0.2) is 4.79 Å². The van der Waals surface area contributed by atoms with E-state index in [2.05, 4.69) is 5.32 Å². The van der Waals surface area contributed by atoms with Crippen LogP contribution in [-0.4, -0.2) is 31.8 Å². The first kappa shape index (κ1) is 16.3. The number of methoxy groups -OCH3 is 1. The molecule has 3 N–H and O–H groups in total. The van der Waals surface area contributed by atoms with Crippen molar-refractivity contribution in [3.63, 3.8) is 0 Å².